The van der Waals surface area contributed by atoms with Crippen LogP contribution in [0.4, 0.5) is 0 Å². The maximum Gasteiger partial charge on any atom is 0.303 e. The fourth-order valence-electron chi connectivity index (χ4n) is 3.17. The summed E-state index contributed by atoms with van der Waals surface area (Å²) in [7, 11) is 0. The number of aliphatic hydroxyl groups is 1. The predicted molar refractivity (Wildman–Crippen MR) is 108 cm³/mol. The molecular formula is C22H44O4. The van der Waals surface area contributed by atoms with Crippen LogP contribution < -0.4 is 0 Å². The quantitative estimate of drug-likeness (QED) is 0.230. The van der Waals surface area contributed by atoms with Crippen LogP contribution in [0.25, 0.3) is 0 Å². The monoisotopic (exact) mass is 372 g/mol. The summed E-state index contributed by atoms with van der Waals surface area (Å²) in [5, 5.41) is 9.21. The van der Waals surface area contributed by atoms with Gasteiger partial charge in [-0.1, -0.05) is 90.4 Å². The Balaban J connectivity index is 3.29. The normalized spacial score (nSPS) is 13.5. The van der Waals surface area contributed by atoms with Gasteiger partial charge in [-0.15, -0.1) is 0 Å². The molecule has 0 amide bonds. The van der Waals surface area contributed by atoms with E-state index in [4.69, 9.17) is 9.47 Å². The van der Waals surface area contributed by atoms with Crippen molar-refractivity contribution in [3.8, 4) is 0 Å². The first-order chi connectivity index (χ1) is 12.6. The number of carbonyl (C=O) groups excluding carboxylic acids is 1. The highest BCUT2D eigenvalue weighted by Gasteiger charge is 2.19. The molecule has 1 N–H and O–H groups in total. The van der Waals surface area contributed by atoms with Gasteiger partial charge < -0.3 is 14.6 Å². The number of unbranched alkanes of at least 4 members (excludes halogenated alkanes) is 13. The number of rotatable bonds is 19. The predicted octanol–water partition coefficient (Wildman–Crippen LogP) is 5.80. The molecule has 2 unspecified atom stereocenters. The standard InChI is InChI=1S/C22H44O4/c1-4-5-6-7-8-9-10-11-12-13-14-15-16-17-18-25-20(2)22(19-23)26-21(3)24/h20,22-23H,4-19H2,1-3H3. The van der Waals surface area contributed by atoms with Crippen molar-refractivity contribution in [3.63, 3.8) is 0 Å². The van der Waals surface area contributed by atoms with Crippen LogP contribution in [0.1, 0.15) is 111 Å². The lowest BCUT2D eigenvalue weighted by molar-refractivity contribution is -0.157. The minimum absolute atomic E-state index is 0.195. The molecule has 0 aliphatic carbocycles. The van der Waals surface area contributed by atoms with Gasteiger partial charge >= 0.3 is 5.97 Å². The van der Waals surface area contributed by atoms with Crippen LogP contribution in [-0.2, 0) is 14.3 Å². The topological polar surface area (TPSA) is 55.8 Å². The van der Waals surface area contributed by atoms with Crippen LogP contribution in [0.15, 0.2) is 0 Å². The van der Waals surface area contributed by atoms with Crippen molar-refractivity contribution in [2.24, 2.45) is 0 Å². The molecule has 0 aromatic heterocycles. The third-order valence-electron chi connectivity index (χ3n) is 4.90. The highest BCUT2D eigenvalue weighted by atomic mass is 16.6. The Bertz CT molecular complexity index is 307. The second-order valence-corrected chi connectivity index (χ2v) is 7.50. The van der Waals surface area contributed by atoms with Gasteiger partial charge in [0.2, 0.25) is 0 Å². The summed E-state index contributed by atoms with van der Waals surface area (Å²) >= 11 is 0. The molecular weight excluding hydrogens is 328 g/mol. The summed E-state index contributed by atoms with van der Waals surface area (Å²) in [5.41, 5.74) is 0. The van der Waals surface area contributed by atoms with E-state index in [0.29, 0.717) is 6.61 Å². The minimum atomic E-state index is -0.556. The van der Waals surface area contributed by atoms with Gasteiger partial charge in [0.1, 0.15) is 0 Å². The van der Waals surface area contributed by atoms with E-state index in [-0.39, 0.29) is 18.7 Å². The molecule has 0 rings (SSSR count). The molecule has 0 radical (unpaired) electrons. The lowest BCUT2D eigenvalue weighted by Gasteiger charge is -2.22. The van der Waals surface area contributed by atoms with E-state index in [1.807, 2.05) is 6.92 Å². The molecule has 0 bridgehead atoms. The largest absolute Gasteiger partial charge is 0.457 e. The Hall–Kier alpha value is -0.610. The summed E-state index contributed by atoms with van der Waals surface area (Å²) in [6.45, 7) is 5.93. The van der Waals surface area contributed by atoms with Crippen molar-refractivity contribution in [1.29, 1.82) is 0 Å². The van der Waals surface area contributed by atoms with Gasteiger partial charge in [0, 0.05) is 13.5 Å². The van der Waals surface area contributed by atoms with E-state index in [0.717, 1.165) is 6.42 Å². The summed E-state index contributed by atoms with van der Waals surface area (Å²) in [5.74, 6) is -0.379. The SMILES string of the molecule is CCCCCCCCCCCCCCCCOC(C)C(CO)OC(C)=O. The fraction of sp³-hybridized carbons (Fsp3) is 0.955. The van der Waals surface area contributed by atoms with Crippen molar-refractivity contribution in [3.05, 3.63) is 0 Å². The minimum Gasteiger partial charge on any atom is -0.457 e. The summed E-state index contributed by atoms with van der Waals surface area (Å²) in [4.78, 5) is 10.9. The lowest BCUT2D eigenvalue weighted by atomic mass is 10.0. The average molecular weight is 373 g/mol. The smallest absolute Gasteiger partial charge is 0.303 e. The van der Waals surface area contributed by atoms with Gasteiger partial charge in [-0.2, -0.15) is 0 Å². The van der Waals surface area contributed by atoms with Crippen LogP contribution in [0, 0.1) is 0 Å². The van der Waals surface area contributed by atoms with E-state index < -0.39 is 6.10 Å². The number of esters is 1. The molecule has 0 fully saturated rings. The zero-order valence-electron chi connectivity index (χ0n) is 17.6. The molecule has 156 valence electrons. The van der Waals surface area contributed by atoms with E-state index in [1.165, 1.54) is 90.4 Å². The summed E-state index contributed by atoms with van der Waals surface area (Å²) in [6.07, 6.45) is 17.9. The first-order valence-electron chi connectivity index (χ1n) is 11.0. The zero-order valence-corrected chi connectivity index (χ0v) is 17.6. The van der Waals surface area contributed by atoms with E-state index in [9.17, 15) is 9.90 Å². The summed E-state index contributed by atoms with van der Waals surface area (Å²) in [6, 6.07) is 0. The van der Waals surface area contributed by atoms with Crippen molar-refractivity contribution in [2.75, 3.05) is 13.2 Å². The van der Waals surface area contributed by atoms with Crippen molar-refractivity contribution in [1.82, 2.24) is 0 Å². The van der Waals surface area contributed by atoms with Crippen LogP contribution in [0.3, 0.4) is 0 Å². The molecule has 0 aliphatic heterocycles. The molecule has 26 heavy (non-hydrogen) atoms. The fourth-order valence-corrected chi connectivity index (χ4v) is 3.17. The molecule has 0 aromatic rings. The molecule has 2 atom stereocenters. The zero-order chi connectivity index (χ0) is 19.5. The van der Waals surface area contributed by atoms with Crippen molar-refractivity contribution >= 4 is 5.97 Å². The molecule has 4 heteroatoms. The Morgan fingerprint density at radius 3 is 1.62 bits per heavy atom. The van der Waals surface area contributed by atoms with Gasteiger partial charge in [0.15, 0.2) is 6.10 Å². The van der Waals surface area contributed by atoms with E-state index in [2.05, 4.69) is 6.92 Å². The second kappa shape index (κ2) is 19.2. The summed E-state index contributed by atoms with van der Waals surface area (Å²) < 4.78 is 10.7. The molecule has 4 nitrogen and oxygen atoms in total. The van der Waals surface area contributed by atoms with Crippen molar-refractivity contribution in [2.45, 2.75) is 123 Å². The second-order valence-electron chi connectivity index (χ2n) is 7.50. The van der Waals surface area contributed by atoms with Crippen molar-refractivity contribution < 1.29 is 19.4 Å². The number of carbonyl (C=O) groups is 1. The number of ether oxygens (including phenoxy) is 2. The Labute approximate surface area is 162 Å². The molecule has 0 saturated heterocycles. The lowest BCUT2D eigenvalue weighted by Crippen LogP contribution is -2.34. The highest BCUT2D eigenvalue weighted by Crippen LogP contribution is 2.13. The molecule has 0 heterocycles. The van der Waals surface area contributed by atoms with Gasteiger partial charge in [0.25, 0.3) is 0 Å². The third-order valence-corrected chi connectivity index (χ3v) is 4.90. The number of hydrogen-bond acceptors (Lipinski definition) is 4. The molecule has 0 aliphatic rings. The van der Waals surface area contributed by atoms with Crippen LogP contribution >= 0.6 is 0 Å². The molecule has 0 spiro atoms. The maximum atomic E-state index is 10.9. The third kappa shape index (κ3) is 16.8. The van der Waals surface area contributed by atoms with Gasteiger partial charge in [0.05, 0.1) is 12.7 Å². The van der Waals surface area contributed by atoms with Gasteiger partial charge in [-0.3, -0.25) is 4.79 Å². The average Bonchev–Trinajstić information content (AvgIpc) is 2.62. The molecule has 0 aromatic carbocycles. The maximum absolute atomic E-state index is 10.9. The van der Waals surface area contributed by atoms with Crippen LogP contribution in [0.2, 0.25) is 0 Å². The first kappa shape index (κ1) is 25.4. The Morgan fingerprint density at radius 2 is 1.23 bits per heavy atom. The van der Waals surface area contributed by atoms with E-state index >= 15 is 0 Å². The Morgan fingerprint density at radius 1 is 0.808 bits per heavy atom. The first-order valence-corrected chi connectivity index (χ1v) is 11.0. The molecule has 0 saturated carbocycles. The van der Waals surface area contributed by atoms with Gasteiger partial charge in [-0.25, -0.2) is 0 Å². The number of aliphatic hydroxyl groups excluding tert-OH is 1. The Kier molecular flexibility index (Phi) is 18.7. The van der Waals surface area contributed by atoms with E-state index in [1.54, 1.807) is 0 Å². The van der Waals surface area contributed by atoms with Crippen LogP contribution in [0.5, 0.6) is 0 Å². The van der Waals surface area contributed by atoms with Crippen LogP contribution in [-0.4, -0.2) is 36.5 Å². The van der Waals surface area contributed by atoms with Gasteiger partial charge in [-0.05, 0) is 13.3 Å². The highest BCUT2D eigenvalue weighted by molar-refractivity contribution is 5.66. The number of hydrogen-bond donors (Lipinski definition) is 1.